The minimum absolute atomic E-state index is 0.321. The second kappa shape index (κ2) is 18.5. The van der Waals surface area contributed by atoms with Gasteiger partial charge in [0.05, 0.1) is 0 Å². The average molecular weight is 341 g/mol. The molecule has 0 aromatic rings. The molecule has 0 saturated heterocycles. The molecule has 0 rings (SSSR count). The number of carboxylic acid groups (broad SMARTS) is 1. The first-order valence-corrected chi connectivity index (χ1v) is 10.4. The topological polar surface area (TPSA) is 54.4 Å². The molecule has 142 valence electrons. The van der Waals surface area contributed by atoms with Crippen LogP contribution in [0.5, 0.6) is 0 Å². The first-order valence-electron chi connectivity index (χ1n) is 10.4. The predicted molar refractivity (Wildman–Crippen MR) is 101 cm³/mol. The summed E-state index contributed by atoms with van der Waals surface area (Å²) in [5.41, 5.74) is 0. The van der Waals surface area contributed by atoms with E-state index in [1.54, 1.807) is 0 Å². The van der Waals surface area contributed by atoms with Crippen LogP contribution in [0.2, 0.25) is 0 Å². The van der Waals surface area contributed by atoms with E-state index < -0.39 is 5.97 Å². The van der Waals surface area contributed by atoms with Crippen LogP contribution in [0, 0.1) is 0 Å². The van der Waals surface area contributed by atoms with E-state index in [4.69, 9.17) is 5.11 Å². The Balaban J connectivity index is 3.12. The zero-order valence-corrected chi connectivity index (χ0v) is 16.0. The molecule has 3 heteroatoms. The van der Waals surface area contributed by atoms with Gasteiger partial charge in [-0.3, -0.25) is 9.59 Å². The summed E-state index contributed by atoms with van der Waals surface area (Å²) in [6, 6.07) is 0. The van der Waals surface area contributed by atoms with E-state index in [0.717, 1.165) is 38.5 Å². The van der Waals surface area contributed by atoms with Crippen molar-refractivity contribution in [2.24, 2.45) is 0 Å². The van der Waals surface area contributed by atoms with Gasteiger partial charge in [-0.15, -0.1) is 0 Å². The minimum Gasteiger partial charge on any atom is -0.481 e. The Bertz CT molecular complexity index is 299. The maximum atomic E-state index is 11.7. The van der Waals surface area contributed by atoms with Crippen molar-refractivity contribution in [2.75, 3.05) is 0 Å². The Labute approximate surface area is 149 Å². The van der Waals surface area contributed by atoms with Gasteiger partial charge in [-0.2, -0.15) is 0 Å². The maximum absolute atomic E-state index is 11.7. The molecule has 0 aromatic heterocycles. The first kappa shape index (κ1) is 23.1. The number of carbonyl (C=O) groups is 2. The fourth-order valence-electron chi connectivity index (χ4n) is 3.06. The summed E-state index contributed by atoms with van der Waals surface area (Å²) in [4.78, 5) is 22.1. The van der Waals surface area contributed by atoms with Crippen molar-refractivity contribution in [2.45, 2.75) is 122 Å². The van der Waals surface area contributed by atoms with Crippen LogP contribution < -0.4 is 0 Å². The lowest BCUT2D eigenvalue weighted by molar-refractivity contribution is -0.137. The van der Waals surface area contributed by atoms with Gasteiger partial charge in [0.25, 0.3) is 0 Å². The molecule has 0 aliphatic rings. The summed E-state index contributed by atoms with van der Waals surface area (Å²) in [6.07, 6.45) is 19.7. The maximum Gasteiger partial charge on any atom is 0.303 e. The molecule has 0 bridgehead atoms. The number of aliphatic carboxylic acids is 1. The Morgan fingerprint density at radius 2 is 0.875 bits per heavy atom. The van der Waals surface area contributed by atoms with Gasteiger partial charge in [0.2, 0.25) is 0 Å². The summed E-state index contributed by atoms with van der Waals surface area (Å²) >= 11 is 0. The number of unbranched alkanes of at least 4 members (excludes halogenated alkanes) is 13. The summed E-state index contributed by atoms with van der Waals surface area (Å²) in [7, 11) is 0. The zero-order chi connectivity index (χ0) is 17.9. The molecule has 0 spiro atoms. The van der Waals surface area contributed by atoms with Gasteiger partial charge >= 0.3 is 5.97 Å². The van der Waals surface area contributed by atoms with E-state index in [2.05, 4.69) is 6.92 Å². The van der Waals surface area contributed by atoms with Crippen LogP contribution in [0.1, 0.15) is 122 Å². The number of carboxylic acids is 1. The monoisotopic (exact) mass is 340 g/mol. The Hall–Kier alpha value is -0.860. The van der Waals surface area contributed by atoms with Crippen LogP contribution in [0.25, 0.3) is 0 Å². The van der Waals surface area contributed by atoms with Gasteiger partial charge in [0.1, 0.15) is 5.78 Å². The highest BCUT2D eigenvalue weighted by Gasteiger charge is 2.01. The quantitative estimate of drug-likeness (QED) is 0.267. The number of Topliss-reactive ketones (excluding diaryl/α,β-unsaturated/α-hetero) is 1. The zero-order valence-electron chi connectivity index (χ0n) is 16.0. The molecule has 0 aliphatic heterocycles. The lowest BCUT2D eigenvalue weighted by Gasteiger charge is -2.03. The third kappa shape index (κ3) is 19.2. The van der Waals surface area contributed by atoms with Crippen LogP contribution in [-0.2, 0) is 9.59 Å². The summed E-state index contributed by atoms with van der Waals surface area (Å²) in [5.74, 6) is -0.206. The third-order valence-electron chi connectivity index (χ3n) is 4.66. The second-order valence-electron chi connectivity index (χ2n) is 7.13. The largest absolute Gasteiger partial charge is 0.481 e. The van der Waals surface area contributed by atoms with E-state index in [9.17, 15) is 9.59 Å². The molecule has 0 aliphatic carbocycles. The molecule has 3 nitrogen and oxygen atoms in total. The molecule has 0 radical (unpaired) electrons. The molecule has 0 fully saturated rings. The molecule has 24 heavy (non-hydrogen) atoms. The van der Waals surface area contributed by atoms with E-state index >= 15 is 0 Å². The number of rotatable bonds is 19. The van der Waals surface area contributed by atoms with Crippen molar-refractivity contribution < 1.29 is 14.7 Å². The third-order valence-corrected chi connectivity index (χ3v) is 4.66. The summed E-state index contributed by atoms with van der Waals surface area (Å²) < 4.78 is 0. The van der Waals surface area contributed by atoms with Gasteiger partial charge < -0.3 is 5.11 Å². The Kier molecular flexibility index (Phi) is 17.8. The van der Waals surface area contributed by atoms with Crippen LogP contribution in [0.3, 0.4) is 0 Å². The van der Waals surface area contributed by atoms with Crippen LogP contribution >= 0.6 is 0 Å². The van der Waals surface area contributed by atoms with Crippen LogP contribution in [-0.4, -0.2) is 16.9 Å². The summed E-state index contributed by atoms with van der Waals surface area (Å²) in [6.45, 7) is 2.20. The van der Waals surface area contributed by atoms with Gasteiger partial charge in [-0.25, -0.2) is 0 Å². The minimum atomic E-state index is -0.673. The highest BCUT2D eigenvalue weighted by molar-refractivity contribution is 5.78. The molecule has 0 amide bonds. The number of hydrogen-bond donors (Lipinski definition) is 1. The van der Waals surface area contributed by atoms with Crippen LogP contribution in [0.15, 0.2) is 0 Å². The van der Waals surface area contributed by atoms with Crippen molar-refractivity contribution >= 4 is 11.8 Å². The van der Waals surface area contributed by atoms with Gasteiger partial charge in [0, 0.05) is 19.3 Å². The number of carbonyl (C=O) groups excluding carboxylic acids is 1. The van der Waals surface area contributed by atoms with Crippen molar-refractivity contribution in [1.29, 1.82) is 0 Å². The van der Waals surface area contributed by atoms with Crippen LogP contribution in [0.4, 0.5) is 0 Å². The van der Waals surface area contributed by atoms with Crippen molar-refractivity contribution in [3.05, 3.63) is 0 Å². The Morgan fingerprint density at radius 1 is 0.542 bits per heavy atom. The predicted octanol–water partition coefficient (Wildman–Crippen LogP) is 6.68. The molecule has 0 aromatic carbocycles. The fourth-order valence-corrected chi connectivity index (χ4v) is 3.06. The SMILES string of the molecule is CCCCCCC(=O)CCCCCCCCCCCCCC(=O)O. The van der Waals surface area contributed by atoms with Gasteiger partial charge in [-0.1, -0.05) is 84.0 Å². The smallest absolute Gasteiger partial charge is 0.303 e. The second-order valence-corrected chi connectivity index (χ2v) is 7.13. The molecule has 0 atom stereocenters. The highest BCUT2D eigenvalue weighted by atomic mass is 16.4. The average Bonchev–Trinajstić information content (AvgIpc) is 2.55. The van der Waals surface area contributed by atoms with E-state index in [1.165, 1.54) is 70.6 Å². The van der Waals surface area contributed by atoms with E-state index in [0.29, 0.717) is 12.2 Å². The Morgan fingerprint density at radius 3 is 1.25 bits per heavy atom. The fraction of sp³-hybridized carbons (Fsp3) is 0.905. The lowest BCUT2D eigenvalue weighted by atomic mass is 10.0. The number of ketones is 1. The normalized spacial score (nSPS) is 10.9. The van der Waals surface area contributed by atoms with Crippen molar-refractivity contribution in [3.8, 4) is 0 Å². The molecular weight excluding hydrogens is 300 g/mol. The standard InChI is InChI=1S/C21H40O3/c1-2-3-4-14-17-20(22)18-15-12-10-8-6-5-7-9-11-13-16-19-21(23)24/h2-19H2,1H3,(H,23,24). The highest BCUT2D eigenvalue weighted by Crippen LogP contribution is 2.13. The van der Waals surface area contributed by atoms with Gasteiger partial charge in [-0.05, 0) is 19.3 Å². The molecule has 1 N–H and O–H groups in total. The molecule has 0 heterocycles. The van der Waals surface area contributed by atoms with Crippen molar-refractivity contribution in [3.63, 3.8) is 0 Å². The lowest BCUT2D eigenvalue weighted by Crippen LogP contribution is -1.97. The molecule has 0 unspecified atom stereocenters. The summed E-state index contributed by atoms with van der Waals surface area (Å²) in [5, 5.41) is 8.54. The van der Waals surface area contributed by atoms with E-state index in [1.807, 2.05) is 0 Å². The number of hydrogen-bond acceptors (Lipinski definition) is 2. The first-order chi connectivity index (χ1) is 11.7. The van der Waals surface area contributed by atoms with Gasteiger partial charge in [0.15, 0.2) is 0 Å². The van der Waals surface area contributed by atoms with E-state index in [-0.39, 0.29) is 0 Å². The molecule has 0 saturated carbocycles. The van der Waals surface area contributed by atoms with Crippen molar-refractivity contribution in [1.82, 2.24) is 0 Å². The molecular formula is C21H40O3.